The molecule has 0 amide bonds. The highest BCUT2D eigenvalue weighted by Gasteiger charge is 2.07. The zero-order valence-corrected chi connectivity index (χ0v) is 10.9. The Bertz CT molecular complexity index is 493. The zero-order chi connectivity index (χ0) is 12.3. The normalized spacial score (nSPS) is 12.4. The lowest BCUT2D eigenvalue weighted by atomic mass is 10.2. The summed E-state index contributed by atoms with van der Waals surface area (Å²) in [6, 6.07) is 8.54. The Morgan fingerprint density at radius 3 is 2.88 bits per heavy atom. The minimum Gasteiger partial charge on any atom is -0.382 e. The molecule has 2 rings (SSSR count). The summed E-state index contributed by atoms with van der Waals surface area (Å²) < 4.78 is 0. The molecule has 3 nitrogen and oxygen atoms in total. The molecular formula is C13H17N3S. The molecule has 17 heavy (non-hydrogen) atoms. The summed E-state index contributed by atoms with van der Waals surface area (Å²) in [7, 11) is 0. The second-order valence-electron chi connectivity index (χ2n) is 4.20. The van der Waals surface area contributed by atoms with Gasteiger partial charge in [-0.3, -0.25) is 0 Å². The zero-order valence-electron chi connectivity index (χ0n) is 10.1. The van der Waals surface area contributed by atoms with E-state index in [1.165, 1.54) is 9.75 Å². The summed E-state index contributed by atoms with van der Waals surface area (Å²) in [6.07, 6.45) is 2.71. The van der Waals surface area contributed by atoms with Crippen LogP contribution in [0.2, 0.25) is 0 Å². The highest BCUT2D eigenvalue weighted by molar-refractivity contribution is 7.11. The van der Waals surface area contributed by atoms with Gasteiger partial charge in [0.2, 0.25) is 0 Å². The first-order valence-corrected chi connectivity index (χ1v) is 6.49. The van der Waals surface area contributed by atoms with Gasteiger partial charge < -0.3 is 11.1 Å². The van der Waals surface area contributed by atoms with E-state index in [0.29, 0.717) is 11.9 Å². The van der Waals surface area contributed by atoms with E-state index in [1.54, 1.807) is 6.20 Å². The number of anilines is 2. The Balaban J connectivity index is 1.98. The molecule has 1 unspecified atom stereocenters. The van der Waals surface area contributed by atoms with E-state index in [2.05, 4.69) is 36.3 Å². The lowest BCUT2D eigenvalue weighted by Gasteiger charge is -2.15. The van der Waals surface area contributed by atoms with Crippen LogP contribution in [0.4, 0.5) is 11.5 Å². The van der Waals surface area contributed by atoms with Gasteiger partial charge in [-0.15, -0.1) is 11.3 Å². The van der Waals surface area contributed by atoms with Gasteiger partial charge in [-0.2, -0.15) is 0 Å². The van der Waals surface area contributed by atoms with Crippen LogP contribution in [0.5, 0.6) is 0 Å². The van der Waals surface area contributed by atoms with Gasteiger partial charge in [0, 0.05) is 28.4 Å². The number of rotatable bonds is 4. The average molecular weight is 247 g/mol. The van der Waals surface area contributed by atoms with Crippen LogP contribution in [-0.2, 0) is 6.42 Å². The lowest BCUT2D eigenvalue weighted by molar-refractivity contribution is 0.800. The van der Waals surface area contributed by atoms with E-state index in [4.69, 9.17) is 5.73 Å². The molecule has 2 aromatic rings. The minimum absolute atomic E-state index is 0.347. The van der Waals surface area contributed by atoms with Crippen LogP contribution in [0.1, 0.15) is 16.7 Å². The lowest BCUT2D eigenvalue weighted by Crippen LogP contribution is -2.18. The van der Waals surface area contributed by atoms with Crippen molar-refractivity contribution in [3.05, 3.63) is 40.2 Å². The first-order valence-electron chi connectivity index (χ1n) is 5.67. The molecule has 0 saturated heterocycles. The van der Waals surface area contributed by atoms with Gasteiger partial charge in [-0.05, 0) is 38.1 Å². The molecule has 3 N–H and O–H groups in total. The molecule has 0 aliphatic rings. The van der Waals surface area contributed by atoms with E-state index in [1.807, 2.05) is 23.5 Å². The molecule has 0 bridgehead atoms. The van der Waals surface area contributed by atoms with Gasteiger partial charge in [-0.1, -0.05) is 0 Å². The highest BCUT2D eigenvalue weighted by Crippen LogP contribution is 2.20. The minimum atomic E-state index is 0.347. The largest absolute Gasteiger partial charge is 0.382 e. The van der Waals surface area contributed by atoms with Crippen molar-refractivity contribution in [2.24, 2.45) is 0 Å². The predicted molar refractivity (Wildman–Crippen MR) is 74.5 cm³/mol. The second-order valence-corrected chi connectivity index (χ2v) is 5.57. The third kappa shape index (κ3) is 3.20. The number of aromatic nitrogens is 1. The van der Waals surface area contributed by atoms with Gasteiger partial charge in [-0.25, -0.2) is 4.98 Å². The van der Waals surface area contributed by atoms with Crippen molar-refractivity contribution in [3.63, 3.8) is 0 Å². The molecule has 0 aliphatic heterocycles. The number of hydrogen-bond donors (Lipinski definition) is 2. The van der Waals surface area contributed by atoms with Crippen molar-refractivity contribution in [2.45, 2.75) is 26.3 Å². The summed E-state index contributed by atoms with van der Waals surface area (Å²) in [6.45, 7) is 4.28. The first kappa shape index (κ1) is 11.9. The molecule has 0 aromatic carbocycles. The van der Waals surface area contributed by atoms with Crippen LogP contribution in [-0.4, -0.2) is 11.0 Å². The van der Waals surface area contributed by atoms with Crippen LogP contribution < -0.4 is 11.1 Å². The molecule has 0 radical (unpaired) electrons. The number of aryl methyl sites for hydroxylation is 1. The number of nitrogen functional groups attached to an aromatic ring is 1. The fourth-order valence-corrected chi connectivity index (χ4v) is 2.77. The van der Waals surface area contributed by atoms with E-state index in [0.717, 1.165) is 12.1 Å². The molecule has 0 spiro atoms. The molecule has 1 atom stereocenters. The number of hydrogen-bond acceptors (Lipinski definition) is 4. The number of nitrogens with zero attached hydrogens (tertiary/aromatic N) is 1. The van der Waals surface area contributed by atoms with Gasteiger partial charge in [0.25, 0.3) is 0 Å². The maximum absolute atomic E-state index is 5.80. The number of nitrogens with two attached hydrogens (primary N) is 1. The molecule has 90 valence electrons. The van der Waals surface area contributed by atoms with Gasteiger partial charge >= 0.3 is 0 Å². The van der Waals surface area contributed by atoms with Gasteiger partial charge in [0.15, 0.2) is 0 Å². The molecule has 0 aliphatic carbocycles. The predicted octanol–water partition coefficient (Wildman–Crippen LogP) is 3.08. The third-order valence-electron chi connectivity index (χ3n) is 2.54. The molecular weight excluding hydrogens is 230 g/mol. The van der Waals surface area contributed by atoms with Crippen molar-refractivity contribution in [3.8, 4) is 0 Å². The fraction of sp³-hybridized carbons (Fsp3) is 0.308. The van der Waals surface area contributed by atoms with Crippen molar-refractivity contribution >= 4 is 22.8 Å². The standard InChI is InChI=1S/C13H17N3S/c1-9(8-11-6-5-10(2)17-11)16-12-4-3-7-15-13(12)14/h3-7,9,16H,8H2,1-2H3,(H2,14,15). The van der Waals surface area contributed by atoms with Crippen LogP contribution in [0, 0.1) is 6.92 Å². The molecule has 0 fully saturated rings. The summed E-state index contributed by atoms with van der Waals surface area (Å²) in [5, 5.41) is 3.39. The molecule has 4 heteroatoms. The van der Waals surface area contributed by atoms with Crippen molar-refractivity contribution in [1.82, 2.24) is 4.98 Å². The fourth-order valence-electron chi connectivity index (χ4n) is 1.75. The van der Waals surface area contributed by atoms with Crippen LogP contribution in [0.15, 0.2) is 30.5 Å². The molecule has 2 aromatic heterocycles. The van der Waals surface area contributed by atoms with Gasteiger partial charge in [0.05, 0.1) is 5.69 Å². The van der Waals surface area contributed by atoms with E-state index in [9.17, 15) is 0 Å². The summed E-state index contributed by atoms with van der Waals surface area (Å²) in [5.41, 5.74) is 6.71. The Labute approximate surface area is 106 Å². The van der Waals surface area contributed by atoms with E-state index < -0.39 is 0 Å². The summed E-state index contributed by atoms with van der Waals surface area (Å²) in [5.74, 6) is 0.557. The van der Waals surface area contributed by atoms with Crippen LogP contribution >= 0.6 is 11.3 Å². The maximum Gasteiger partial charge on any atom is 0.146 e. The second kappa shape index (κ2) is 5.19. The smallest absolute Gasteiger partial charge is 0.146 e. The quantitative estimate of drug-likeness (QED) is 0.873. The van der Waals surface area contributed by atoms with Crippen LogP contribution in [0.3, 0.4) is 0 Å². The Hall–Kier alpha value is -1.55. The Morgan fingerprint density at radius 2 is 2.24 bits per heavy atom. The topological polar surface area (TPSA) is 50.9 Å². The van der Waals surface area contributed by atoms with Crippen molar-refractivity contribution in [1.29, 1.82) is 0 Å². The number of thiophene rings is 1. The Morgan fingerprint density at radius 1 is 1.41 bits per heavy atom. The summed E-state index contributed by atoms with van der Waals surface area (Å²) >= 11 is 1.84. The Kier molecular flexibility index (Phi) is 3.64. The number of pyridine rings is 1. The monoisotopic (exact) mass is 247 g/mol. The van der Waals surface area contributed by atoms with E-state index >= 15 is 0 Å². The number of nitrogens with one attached hydrogen (secondary N) is 1. The van der Waals surface area contributed by atoms with Crippen molar-refractivity contribution < 1.29 is 0 Å². The highest BCUT2D eigenvalue weighted by atomic mass is 32.1. The third-order valence-corrected chi connectivity index (χ3v) is 3.57. The molecule has 0 saturated carbocycles. The van der Waals surface area contributed by atoms with E-state index in [-0.39, 0.29) is 0 Å². The first-order chi connectivity index (χ1) is 8.15. The van der Waals surface area contributed by atoms with Crippen molar-refractivity contribution in [2.75, 3.05) is 11.1 Å². The average Bonchev–Trinajstić information content (AvgIpc) is 2.67. The van der Waals surface area contributed by atoms with Gasteiger partial charge in [0.1, 0.15) is 5.82 Å². The molecule has 2 heterocycles. The van der Waals surface area contributed by atoms with Crippen LogP contribution in [0.25, 0.3) is 0 Å². The summed E-state index contributed by atoms with van der Waals surface area (Å²) in [4.78, 5) is 6.81. The maximum atomic E-state index is 5.80. The SMILES string of the molecule is Cc1ccc(CC(C)Nc2cccnc2N)s1.